The maximum atomic E-state index is 12.7. The van der Waals surface area contributed by atoms with E-state index in [1.165, 1.54) is 10.4 Å². The highest BCUT2D eigenvalue weighted by atomic mass is 32.2. The predicted octanol–water partition coefficient (Wildman–Crippen LogP) is 1.69. The van der Waals surface area contributed by atoms with Crippen molar-refractivity contribution < 1.29 is 17.9 Å². The van der Waals surface area contributed by atoms with Crippen LogP contribution in [0.2, 0.25) is 0 Å². The minimum absolute atomic E-state index is 0.0873. The molecule has 1 N–H and O–H groups in total. The standard InChI is InChI=1S/C14H18N2O4S/c1-3-16(9-12-6-4-5-7-15-12)21(18,19)14-8-13(10-17)20-11(14)2/h4-8,17H,3,9-10H2,1-2H3. The third-order valence-corrected chi connectivity index (χ3v) is 5.14. The predicted molar refractivity (Wildman–Crippen MR) is 76.9 cm³/mol. The lowest BCUT2D eigenvalue weighted by atomic mass is 10.3. The molecule has 0 aliphatic rings. The number of aryl methyl sites for hydroxylation is 1. The van der Waals surface area contributed by atoms with Crippen LogP contribution in [0, 0.1) is 6.92 Å². The average Bonchev–Trinajstić information content (AvgIpc) is 2.87. The van der Waals surface area contributed by atoms with E-state index in [9.17, 15) is 8.42 Å². The Bertz CT molecular complexity index is 695. The van der Waals surface area contributed by atoms with Crippen molar-refractivity contribution in [1.82, 2.24) is 9.29 Å². The van der Waals surface area contributed by atoms with Gasteiger partial charge in [0.25, 0.3) is 0 Å². The summed E-state index contributed by atoms with van der Waals surface area (Å²) in [5.41, 5.74) is 0.673. The molecule has 7 heteroatoms. The number of aliphatic hydroxyl groups excluding tert-OH is 1. The zero-order valence-corrected chi connectivity index (χ0v) is 12.8. The van der Waals surface area contributed by atoms with E-state index in [-0.39, 0.29) is 29.6 Å². The monoisotopic (exact) mass is 310 g/mol. The first-order chi connectivity index (χ1) is 9.98. The second-order valence-corrected chi connectivity index (χ2v) is 6.45. The Morgan fingerprint density at radius 2 is 2.14 bits per heavy atom. The lowest BCUT2D eigenvalue weighted by Crippen LogP contribution is -2.30. The molecule has 0 aliphatic heterocycles. The average molecular weight is 310 g/mol. The molecule has 0 saturated carbocycles. The first-order valence-electron chi connectivity index (χ1n) is 6.59. The molecular weight excluding hydrogens is 292 g/mol. The number of rotatable bonds is 6. The molecule has 2 heterocycles. The van der Waals surface area contributed by atoms with Crippen molar-refractivity contribution in [3.05, 3.63) is 47.7 Å². The molecule has 21 heavy (non-hydrogen) atoms. The highest BCUT2D eigenvalue weighted by Crippen LogP contribution is 2.24. The molecule has 0 aliphatic carbocycles. The number of pyridine rings is 1. The van der Waals surface area contributed by atoms with Crippen molar-refractivity contribution in [3.8, 4) is 0 Å². The molecule has 2 aromatic rings. The first-order valence-corrected chi connectivity index (χ1v) is 8.03. The number of aliphatic hydroxyl groups is 1. The van der Waals surface area contributed by atoms with E-state index in [1.54, 1.807) is 32.2 Å². The van der Waals surface area contributed by atoms with Crippen LogP contribution in [0.4, 0.5) is 0 Å². The second-order valence-electron chi connectivity index (χ2n) is 4.54. The van der Waals surface area contributed by atoms with Crippen LogP contribution >= 0.6 is 0 Å². The quantitative estimate of drug-likeness (QED) is 0.877. The molecule has 0 bridgehead atoms. The number of aromatic nitrogens is 1. The fourth-order valence-electron chi connectivity index (χ4n) is 2.04. The normalized spacial score (nSPS) is 12.0. The van der Waals surface area contributed by atoms with E-state index in [1.807, 2.05) is 6.07 Å². The number of hydrogen-bond donors (Lipinski definition) is 1. The molecule has 0 radical (unpaired) electrons. The van der Waals surface area contributed by atoms with Gasteiger partial charge in [0.15, 0.2) is 0 Å². The molecule has 0 aromatic carbocycles. The summed E-state index contributed by atoms with van der Waals surface area (Å²) in [4.78, 5) is 4.24. The van der Waals surface area contributed by atoms with Gasteiger partial charge in [-0.25, -0.2) is 8.42 Å². The highest BCUT2D eigenvalue weighted by Gasteiger charge is 2.28. The molecule has 0 atom stereocenters. The Hall–Kier alpha value is -1.70. The summed E-state index contributed by atoms with van der Waals surface area (Å²) in [6.45, 7) is 3.52. The zero-order chi connectivity index (χ0) is 15.5. The molecule has 114 valence electrons. The van der Waals surface area contributed by atoms with Crippen molar-refractivity contribution in [2.75, 3.05) is 6.54 Å². The third kappa shape index (κ3) is 3.31. The largest absolute Gasteiger partial charge is 0.462 e. The molecule has 6 nitrogen and oxygen atoms in total. The first kappa shape index (κ1) is 15.7. The van der Waals surface area contributed by atoms with Gasteiger partial charge in [0.05, 0.1) is 12.2 Å². The van der Waals surface area contributed by atoms with Crippen molar-refractivity contribution in [3.63, 3.8) is 0 Å². The lowest BCUT2D eigenvalue weighted by molar-refractivity contribution is 0.244. The van der Waals surface area contributed by atoms with Crippen molar-refractivity contribution >= 4 is 10.0 Å². The van der Waals surface area contributed by atoms with Crippen molar-refractivity contribution in [2.45, 2.75) is 31.9 Å². The van der Waals surface area contributed by atoms with Gasteiger partial charge in [0.2, 0.25) is 10.0 Å². The van der Waals surface area contributed by atoms with E-state index in [0.717, 1.165) is 0 Å². The Morgan fingerprint density at radius 1 is 1.38 bits per heavy atom. The van der Waals surface area contributed by atoms with Gasteiger partial charge < -0.3 is 9.52 Å². The maximum absolute atomic E-state index is 12.7. The van der Waals surface area contributed by atoms with Crippen LogP contribution in [-0.2, 0) is 23.2 Å². The summed E-state index contributed by atoms with van der Waals surface area (Å²) in [5, 5.41) is 9.06. The summed E-state index contributed by atoms with van der Waals surface area (Å²) in [7, 11) is -3.68. The van der Waals surface area contributed by atoms with Gasteiger partial charge in [0, 0.05) is 18.8 Å². The Balaban J connectivity index is 2.33. The van der Waals surface area contributed by atoms with Crippen LogP contribution in [0.3, 0.4) is 0 Å². The van der Waals surface area contributed by atoms with Crippen LogP contribution in [0.25, 0.3) is 0 Å². The van der Waals surface area contributed by atoms with Gasteiger partial charge in [-0.3, -0.25) is 4.98 Å². The van der Waals surface area contributed by atoms with Gasteiger partial charge in [-0.2, -0.15) is 4.31 Å². The number of nitrogens with zero attached hydrogens (tertiary/aromatic N) is 2. The van der Waals surface area contributed by atoms with Crippen LogP contribution < -0.4 is 0 Å². The van der Waals surface area contributed by atoms with Gasteiger partial charge in [-0.1, -0.05) is 13.0 Å². The summed E-state index contributed by atoms with van der Waals surface area (Å²) in [5.74, 6) is 0.512. The van der Waals surface area contributed by atoms with Gasteiger partial charge in [-0.05, 0) is 19.1 Å². The fraction of sp³-hybridized carbons (Fsp3) is 0.357. The Kier molecular flexibility index (Phi) is 4.76. The van der Waals surface area contributed by atoms with E-state index >= 15 is 0 Å². The maximum Gasteiger partial charge on any atom is 0.246 e. The summed E-state index contributed by atoms with van der Waals surface area (Å²) >= 11 is 0. The minimum Gasteiger partial charge on any atom is -0.462 e. The second kappa shape index (κ2) is 6.38. The molecule has 0 spiro atoms. The molecule has 0 fully saturated rings. The summed E-state index contributed by atoms with van der Waals surface area (Å²) in [6.07, 6.45) is 1.63. The van der Waals surface area contributed by atoms with Crippen LogP contribution in [0.5, 0.6) is 0 Å². The fourth-order valence-corrected chi connectivity index (χ4v) is 3.64. The van der Waals surface area contributed by atoms with Crippen LogP contribution in [-0.4, -0.2) is 29.4 Å². The lowest BCUT2D eigenvalue weighted by Gasteiger charge is -2.19. The van der Waals surface area contributed by atoms with E-state index in [2.05, 4.69) is 4.98 Å². The highest BCUT2D eigenvalue weighted by molar-refractivity contribution is 7.89. The van der Waals surface area contributed by atoms with Crippen LogP contribution in [0.15, 0.2) is 39.8 Å². The molecule has 0 unspecified atom stereocenters. The Morgan fingerprint density at radius 3 is 2.67 bits per heavy atom. The van der Waals surface area contributed by atoms with Crippen molar-refractivity contribution in [1.29, 1.82) is 0 Å². The number of hydrogen-bond acceptors (Lipinski definition) is 5. The summed E-state index contributed by atoms with van der Waals surface area (Å²) in [6, 6.07) is 6.74. The molecular formula is C14H18N2O4S. The summed E-state index contributed by atoms with van der Waals surface area (Å²) < 4.78 is 31.9. The SMILES string of the molecule is CCN(Cc1ccccn1)S(=O)(=O)c1cc(CO)oc1C. The zero-order valence-electron chi connectivity index (χ0n) is 12.0. The topological polar surface area (TPSA) is 83.6 Å². The van der Waals surface area contributed by atoms with E-state index in [0.29, 0.717) is 12.2 Å². The molecule has 2 aromatic heterocycles. The Labute approximate surface area is 124 Å². The third-order valence-electron chi connectivity index (χ3n) is 3.11. The number of furan rings is 1. The van der Waals surface area contributed by atoms with E-state index in [4.69, 9.17) is 9.52 Å². The van der Waals surface area contributed by atoms with Gasteiger partial charge >= 0.3 is 0 Å². The molecule has 0 amide bonds. The number of sulfonamides is 1. The van der Waals surface area contributed by atoms with Gasteiger partial charge in [0.1, 0.15) is 23.0 Å². The smallest absolute Gasteiger partial charge is 0.246 e. The molecule has 2 rings (SSSR count). The van der Waals surface area contributed by atoms with Crippen molar-refractivity contribution in [2.24, 2.45) is 0 Å². The van der Waals surface area contributed by atoms with Gasteiger partial charge in [-0.15, -0.1) is 0 Å². The van der Waals surface area contributed by atoms with E-state index < -0.39 is 10.0 Å². The minimum atomic E-state index is -3.68. The molecule has 0 saturated heterocycles. The van der Waals surface area contributed by atoms with Crippen LogP contribution in [0.1, 0.15) is 24.1 Å².